The summed E-state index contributed by atoms with van der Waals surface area (Å²) in [6.07, 6.45) is 0.769. The highest BCUT2D eigenvalue weighted by Crippen LogP contribution is 2.33. The maximum Gasteiger partial charge on any atom is 0.172 e. The Bertz CT molecular complexity index is 391. The first kappa shape index (κ1) is 13.6. The average Bonchev–Trinajstić information content (AvgIpc) is 2.28. The summed E-state index contributed by atoms with van der Waals surface area (Å²) in [7, 11) is 1.57. The van der Waals surface area contributed by atoms with E-state index >= 15 is 0 Å². The topological polar surface area (TPSA) is 35.5 Å². The summed E-state index contributed by atoms with van der Waals surface area (Å²) in [4.78, 5) is 11.0. The van der Waals surface area contributed by atoms with Crippen molar-refractivity contribution in [2.24, 2.45) is 5.41 Å². The second-order valence-corrected chi connectivity index (χ2v) is 5.12. The molecule has 0 amide bonds. The standard InChI is InChI=1S/C14H20O3/c1-10(14(2,3)4)17-13-11(9-15)7-6-8-12(13)16-5/h6-10H,1-5H3. The minimum atomic E-state index is -0.0162. The van der Waals surface area contributed by atoms with E-state index in [-0.39, 0.29) is 11.5 Å². The third-order valence-electron chi connectivity index (χ3n) is 2.87. The van der Waals surface area contributed by atoms with Crippen LogP contribution in [-0.4, -0.2) is 19.5 Å². The number of aldehydes is 1. The maximum atomic E-state index is 11.0. The molecule has 0 aliphatic rings. The van der Waals surface area contributed by atoms with E-state index in [1.165, 1.54) is 0 Å². The fraction of sp³-hybridized carbons (Fsp3) is 0.500. The van der Waals surface area contributed by atoms with Gasteiger partial charge in [0.1, 0.15) is 6.10 Å². The third-order valence-corrected chi connectivity index (χ3v) is 2.87. The van der Waals surface area contributed by atoms with Gasteiger partial charge in [-0.25, -0.2) is 0 Å². The summed E-state index contributed by atoms with van der Waals surface area (Å²) in [5, 5.41) is 0. The quantitative estimate of drug-likeness (QED) is 0.752. The van der Waals surface area contributed by atoms with Crippen LogP contribution >= 0.6 is 0 Å². The van der Waals surface area contributed by atoms with Crippen LogP contribution in [0.5, 0.6) is 11.5 Å². The van der Waals surface area contributed by atoms with Crippen molar-refractivity contribution in [1.29, 1.82) is 0 Å². The summed E-state index contributed by atoms with van der Waals surface area (Å²) >= 11 is 0. The van der Waals surface area contributed by atoms with Crippen molar-refractivity contribution in [2.75, 3.05) is 7.11 Å². The minimum Gasteiger partial charge on any atom is -0.493 e. The Labute approximate surface area is 103 Å². The van der Waals surface area contributed by atoms with E-state index in [1.54, 1.807) is 25.3 Å². The number of ether oxygens (including phenoxy) is 2. The van der Waals surface area contributed by atoms with Gasteiger partial charge in [-0.15, -0.1) is 0 Å². The lowest BCUT2D eigenvalue weighted by Gasteiger charge is -2.29. The Balaban J connectivity index is 3.07. The molecule has 0 heterocycles. The molecule has 0 bridgehead atoms. The summed E-state index contributed by atoms with van der Waals surface area (Å²) in [6, 6.07) is 5.29. The second kappa shape index (κ2) is 5.21. The smallest absolute Gasteiger partial charge is 0.172 e. The molecule has 0 aromatic heterocycles. The lowest BCUT2D eigenvalue weighted by atomic mass is 9.90. The number of hydrogen-bond donors (Lipinski definition) is 0. The predicted molar refractivity (Wildman–Crippen MR) is 67.9 cm³/mol. The number of rotatable bonds is 4. The average molecular weight is 236 g/mol. The summed E-state index contributed by atoms with van der Waals surface area (Å²) in [6.45, 7) is 8.26. The Hall–Kier alpha value is -1.51. The van der Waals surface area contributed by atoms with Crippen LogP contribution in [0.15, 0.2) is 18.2 Å². The van der Waals surface area contributed by atoms with E-state index in [4.69, 9.17) is 9.47 Å². The fourth-order valence-electron chi connectivity index (χ4n) is 1.27. The summed E-state index contributed by atoms with van der Waals surface area (Å²) in [5.74, 6) is 1.11. The molecule has 0 saturated heterocycles. The lowest BCUT2D eigenvalue weighted by molar-refractivity contribution is 0.0963. The van der Waals surface area contributed by atoms with Gasteiger partial charge in [0.15, 0.2) is 17.8 Å². The minimum absolute atomic E-state index is 0.000999. The van der Waals surface area contributed by atoms with Crippen LogP contribution in [0, 0.1) is 5.41 Å². The van der Waals surface area contributed by atoms with Gasteiger partial charge in [0.25, 0.3) is 0 Å². The van der Waals surface area contributed by atoms with E-state index in [1.807, 2.05) is 6.92 Å². The first-order valence-corrected chi connectivity index (χ1v) is 5.69. The molecule has 1 atom stereocenters. The monoisotopic (exact) mass is 236 g/mol. The molecule has 0 N–H and O–H groups in total. The number of methoxy groups -OCH3 is 1. The zero-order valence-electron chi connectivity index (χ0n) is 11.1. The van der Waals surface area contributed by atoms with Crippen molar-refractivity contribution < 1.29 is 14.3 Å². The van der Waals surface area contributed by atoms with Crippen LogP contribution in [0.3, 0.4) is 0 Å². The highest BCUT2D eigenvalue weighted by molar-refractivity contribution is 5.81. The number of carbonyl (C=O) groups is 1. The van der Waals surface area contributed by atoms with Gasteiger partial charge in [-0.2, -0.15) is 0 Å². The van der Waals surface area contributed by atoms with E-state index < -0.39 is 0 Å². The molecule has 0 radical (unpaired) electrons. The molecule has 0 spiro atoms. The van der Waals surface area contributed by atoms with Gasteiger partial charge in [-0.1, -0.05) is 26.8 Å². The van der Waals surface area contributed by atoms with Crippen LogP contribution in [-0.2, 0) is 0 Å². The zero-order valence-corrected chi connectivity index (χ0v) is 11.1. The van der Waals surface area contributed by atoms with Crippen molar-refractivity contribution >= 4 is 6.29 Å². The largest absolute Gasteiger partial charge is 0.493 e. The van der Waals surface area contributed by atoms with E-state index in [0.717, 1.165) is 6.29 Å². The number of benzene rings is 1. The molecule has 17 heavy (non-hydrogen) atoms. The predicted octanol–water partition coefficient (Wildman–Crippen LogP) is 3.32. The van der Waals surface area contributed by atoms with E-state index in [9.17, 15) is 4.79 Å². The van der Waals surface area contributed by atoms with Crippen molar-refractivity contribution in [2.45, 2.75) is 33.8 Å². The van der Waals surface area contributed by atoms with Crippen LogP contribution in [0.25, 0.3) is 0 Å². The molecular formula is C14H20O3. The molecule has 0 saturated carbocycles. The molecule has 1 aromatic rings. The summed E-state index contributed by atoms with van der Waals surface area (Å²) < 4.78 is 11.1. The first-order valence-electron chi connectivity index (χ1n) is 5.69. The molecular weight excluding hydrogens is 216 g/mol. The van der Waals surface area contributed by atoms with Crippen molar-refractivity contribution in [3.05, 3.63) is 23.8 Å². The maximum absolute atomic E-state index is 11.0. The molecule has 3 heteroatoms. The molecule has 94 valence electrons. The van der Waals surface area contributed by atoms with Crippen LogP contribution in [0.4, 0.5) is 0 Å². The molecule has 0 aliphatic heterocycles. The highest BCUT2D eigenvalue weighted by atomic mass is 16.5. The fourth-order valence-corrected chi connectivity index (χ4v) is 1.27. The summed E-state index contributed by atoms with van der Waals surface area (Å²) in [5.41, 5.74) is 0.515. The zero-order chi connectivity index (χ0) is 13.1. The first-order chi connectivity index (χ1) is 7.90. The van der Waals surface area contributed by atoms with Gasteiger partial charge in [0, 0.05) is 0 Å². The van der Waals surface area contributed by atoms with Gasteiger partial charge in [0.05, 0.1) is 12.7 Å². The van der Waals surface area contributed by atoms with Gasteiger partial charge in [-0.05, 0) is 24.5 Å². The van der Waals surface area contributed by atoms with Crippen molar-refractivity contribution in [1.82, 2.24) is 0 Å². The lowest BCUT2D eigenvalue weighted by Crippen LogP contribution is -2.29. The molecule has 0 aliphatic carbocycles. The van der Waals surface area contributed by atoms with Crippen LogP contribution < -0.4 is 9.47 Å². The Kier molecular flexibility index (Phi) is 4.16. The van der Waals surface area contributed by atoms with E-state index in [0.29, 0.717) is 17.1 Å². The van der Waals surface area contributed by atoms with Crippen molar-refractivity contribution in [3.63, 3.8) is 0 Å². The van der Waals surface area contributed by atoms with Gasteiger partial charge < -0.3 is 9.47 Å². The normalized spacial score (nSPS) is 13.0. The van der Waals surface area contributed by atoms with Gasteiger partial charge in [-0.3, -0.25) is 4.79 Å². The Morgan fingerprint density at radius 1 is 1.29 bits per heavy atom. The van der Waals surface area contributed by atoms with Gasteiger partial charge >= 0.3 is 0 Å². The molecule has 1 rings (SSSR count). The Morgan fingerprint density at radius 3 is 2.41 bits per heavy atom. The van der Waals surface area contributed by atoms with Gasteiger partial charge in [0.2, 0.25) is 0 Å². The SMILES string of the molecule is COc1cccc(C=O)c1OC(C)C(C)(C)C. The van der Waals surface area contributed by atoms with E-state index in [2.05, 4.69) is 20.8 Å². The molecule has 1 aromatic carbocycles. The van der Waals surface area contributed by atoms with Crippen LogP contribution in [0.2, 0.25) is 0 Å². The number of para-hydroxylation sites is 1. The second-order valence-electron chi connectivity index (χ2n) is 5.12. The molecule has 1 unspecified atom stereocenters. The van der Waals surface area contributed by atoms with Crippen LogP contribution in [0.1, 0.15) is 38.1 Å². The highest BCUT2D eigenvalue weighted by Gasteiger charge is 2.24. The third kappa shape index (κ3) is 3.22. The number of hydrogen-bond acceptors (Lipinski definition) is 3. The molecule has 3 nitrogen and oxygen atoms in total. The Morgan fingerprint density at radius 2 is 1.94 bits per heavy atom. The molecule has 0 fully saturated rings. The number of carbonyl (C=O) groups excluding carboxylic acids is 1. The van der Waals surface area contributed by atoms with Crippen molar-refractivity contribution in [3.8, 4) is 11.5 Å².